The second kappa shape index (κ2) is 12.6. The Morgan fingerprint density at radius 1 is 1.00 bits per heavy atom. The van der Waals surface area contributed by atoms with Gasteiger partial charge in [-0.1, -0.05) is 78.8 Å². The standard InChI is InChI=1S/C32H50O4Si/c1-23(2)17-18-28(33)36-27-21-24(3)30(34-22-26-15-13-12-14-16-26)25(4)29(27)32(8,9)19-20-35-37(10,11)31(5,6)7/h12-16,21,23H,17-20,22H2,1-11H3. The molecular formula is C32H50O4Si. The summed E-state index contributed by atoms with van der Waals surface area (Å²) in [6.07, 6.45) is 2.04. The van der Waals surface area contributed by atoms with E-state index in [0.29, 0.717) is 31.3 Å². The third-order valence-electron chi connectivity index (χ3n) is 7.72. The van der Waals surface area contributed by atoms with Crippen LogP contribution >= 0.6 is 0 Å². The number of hydrogen-bond acceptors (Lipinski definition) is 4. The topological polar surface area (TPSA) is 44.8 Å². The van der Waals surface area contributed by atoms with Gasteiger partial charge in [-0.25, -0.2) is 0 Å². The van der Waals surface area contributed by atoms with Crippen LogP contribution in [0.2, 0.25) is 18.1 Å². The molecule has 37 heavy (non-hydrogen) atoms. The van der Waals surface area contributed by atoms with E-state index >= 15 is 0 Å². The van der Waals surface area contributed by atoms with Crippen molar-refractivity contribution in [2.24, 2.45) is 5.92 Å². The van der Waals surface area contributed by atoms with Crippen LogP contribution in [0.1, 0.15) is 90.0 Å². The van der Waals surface area contributed by atoms with E-state index in [0.717, 1.165) is 40.8 Å². The number of benzene rings is 2. The lowest BCUT2D eigenvalue weighted by molar-refractivity contribution is -0.134. The van der Waals surface area contributed by atoms with Crippen LogP contribution in [-0.2, 0) is 21.2 Å². The number of carbonyl (C=O) groups excluding carboxylic acids is 1. The molecule has 0 N–H and O–H groups in total. The minimum atomic E-state index is -1.86. The average Bonchev–Trinajstić information content (AvgIpc) is 2.76. The van der Waals surface area contributed by atoms with Crippen LogP contribution in [0.4, 0.5) is 0 Å². The zero-order chi connectivity index (χ0) is 28.0. The minimum absolute atomic E-state index is 0.159. The molecule has 0 spiro atoms. The number of carbonyl (C=O) groups is 1. The molecule has 206 valence electrons. The molecule has 0 saturated heterocycles. The smallest absolute Gasteiger partial charge is 0.311 e. The molecular weight excluding hydrogens is 476 g/mol. The average molecular weight is 527 g/mol. The maximum Gasteiger partial charge on any atom is 0.311 e. The van der Waals surface area contributed by atoms with Crippen molar-refractivity contribution in [2.75, 3.05) is 6.61 Å². The second-order valence-electron chi connectivity index (χ2n) is 12.9. The van der Waals surface area contributed by atoms with Crippen LogP contribution in [0.5, 0.6) is 11.5 Å². The first kappa shape index (κ1) is 31.1. The Labute approximate surface area is 227 Å². The first-order valence-corrected chi connectivity index (χ1v) is 16.6. The fraction of sp³-hybridized carbons (Fsp3) is 0.594. The Hall–Kier alpha value is -2.11. The molecule has 0 radical (unpaired) electrons. The summed E-state index contributed by atoms with van der Waals surface area (Å²) < 4.78 is 18.9. The van der Waals surface area contributed by atoms with E-state index in [1.54, 1.807) is 0 Å². The van der Waals surface area contributed by atoms with Crippen molar-refractivity contribution < 1.29 is 18.7 Å². The van der Waals surface area contributed by atoms with Crippen molar-refractivity contribution in [3.8, 4) is 11.5 Å². The van der Waals surface area contributed by atoms with Gasteiger partial charge in [0.1, 0.15) is 18.1 Å². The Balaban J connectivity index is 2.40. The quantitative estimate of drug-likeness (QED) is 0.157. The summed E-state index contributed by atoms with van der Waals surface area (Å²) >= 11 is 0. The summed E-state index contributed by atoms with van der Waals surface area (Å²) in [6.45, 7) is 25.3. The molecule has 5 heteroatoms. The molecule has 2 aromatic carbocycles. The number of aryl methyl sites for hydroxylation is 1. The van der Waals surface area contributed by atoms with E-state index in [1.165, 1.54) is 0 Å². The molecule has 0 bridgehead atoms. The lowest BCUT2D eigenvalue weighted by Gasteiger charge is -2.38. The fourth-order valence-corrected chi connectivity index (χ4v) is 5.33. The largest absolute Gasteiger partial charge is 0.488 e. The summed E-state index contributed by atoms with van der Waals surface area (Å²) in [5, 5.41) is 0.159. The summed E-state index contributed by atoms with van der Waals surface area (Å²) in [7, 11) is -1.86. The Morgan fingerprint density at radius 2 is 1.62 bits per heavy atom. The van der Waals surface area contributed by atoms with Gasteiger partial charge in [-0.05, 0) is 78.9 Å². The molecule has 2 rings (SSSR count). The second-order valence-corrected chi connectivity index (χ2v) is 17.8. The highest BCUT2D eigenvalue weighted by molar-refractivity contribution is 6.74. The predicted molar refractivity (Wildman–Crippen MR) is 157 cm³/mol. The molecule has 0 unspecified atom stereocenters. The summed E-state index contributed by atoms with van der Waals surface area (Å²) in [4.78, 5) is 12.8. The number of ether oxygens (including phenoxy) is 2. The molecule has 0 heterocycles. The van der Waals surface area contributed by atoms with Gasteiger partial charge in [0.2, 0.25) is 0 Å². The van der Waals surface area contributed by atoms with Crippen molar-refractivity contribution in [3.63, 3.8) is 0 Å². The maximum atomic E-state index is 12.8. The van der Waals surface area contributed by atoms with E-state index < -0.39 is 8.32 Å². The SMILES string of the molecule is Cc1cc(OC(=O)CCC(C)C)c(C(C)(C)CCO[Si](C)(C)C(C)(C)C)c(C)c1OCc1ccccc1. The van der Waals surface area contributed by atoms with E-state index in [4.69, 9.17) is 13.9 Å². The van der Waals surface area contributed by atoms with Gasteiger partial charge in [0, 0.05) is 18.6 Å². The highest BCUT2D eigenvalue weighted by Crippen LogP contribution is 2.44. The van der Waals surface area contributed by atoms with E-state index in [1.807, 2.05) is 31.2 Å². The van der Waals surface area contributed by atoms with Gasteiger partial charge in [0.05, 0.1) is 0 Å². The molecule has 4 nitrogen and oxygen atoms in total. The van der Waals surface area contributed by atoms with E-state index in [9.17, 15) is 4.79 Å². The van der Waals surface area contributed by atoms with Gasteiger partial charge in [0.25, 0.3) is 0 Å². The highest BCUT2D eigenvalue weighted by atomic mass is 28.4. The third-order valence-corrected chi connectivity index (χ3v) is 12.3. The van der Waals surface area contributed by atoms with Crippen LogP contribution in [0.25, 0.3) is 0 Å². The molecule has 0 aromatic heterocycles. The molecule has 0 fully saturated rings. The van der Waals surface area contributed by atoms with Gasteiger partial charge >= 0.3 is 5.97 Å². The van der Waals surface area contributed by atoms with Crippen molar-refractivity contribution >= 4 is 14.3 Å². The van der Waals surface area contributed by atoms with Crippen LogP contribution in [0, 0.1) is 19.8 Å². The number of esters is 1. The molecule has 0 atom stereocenters. The van der Waals surface area contributed by atoms with E-state index in [-0.39, 0.29) is 16.4 Å². The molecule has 0 amide bonds. The van der Waals surface area contributed by atoms with Crippen molar-refractivity contribution in [1.29, 1.82) is 0 Å². The lowest BCUT2D eigenvalue weighted by Crippen LogP contribution is -2.41. The van der Waals surface area contributed by atoms with Crippen LogP contribution in [0.15, 0.2) is 36.4 Å². The van der Waals surface area contributed by atoms with Gasteiger partial charge in [0.15, 0.2) is 8.32 Å². The minimum Gasteiger partial charge on any atom is -0.488 e. The van der Waals surface area contributed by atoms with Gasteiger partial charge in [-0.15, -0.1) is 0 Å². The van der Waals surface area contributed by atoms with Crippen LogP contribution in [-0.4, -0.2) is 20.9 Å². The predicted octanol–water partition coefficient (Wildman–Crippen LogP) is 8.91. The summed E-state index contributed by atoms with van der Waals surface area (Å²) in [5.41, 5.74) is 3.86. The maximum absolute atomic E-state index is 12.8. The van der Waals surface area contributed by atoms with Gasteiger partial charge in [-0.2, -0.15) is 0 Å². The zero-order valence-electron chi connectivity index (χ0n) is 25.2. The van der Waals surface area contributed by atoms with Gasteiger partial charge in [-0.3, -0.25) is 4.79 Å². The van der Waals surface area contributed by atoms with Crippen LogP contribution in [0.3, 0.4) is 0 Å². The van der Waals surface area contributed by atoms with Gasteiger partial charge < -0.3 is 13.9 Å². The van der Waals surface area contributed by atoms with Crippen LogP contribution < -0.4 is 9.47 Å². The Kier molecular flexibility index (Phi) is 10.6. The van der Waals surface area contributed by atoms with E-state index in [2.05, 4.69) is 80.6 Å². The molecule has 0 saturated carbocycles. The van der Waals surface area contributed by atoms with Crippen molar-refractivity contribution in [2.45, 2.75) is 112 Å². The van der Waals surface area contributed by atoms with Crippen molar-refractivity contribution in [3.05, 3.63) is 58.7 Å². The highest BCUT2D eigenvalue weighted by Gasteiger charge is 2.38. The molecule has 0 aliphatic heterocycles. The summed E-state index contributed by atoms with van der Waals surface area (Å²) in [6, 6.07) is 12.2. The molecule has 2 aromatic rings. The molecule has 0 aliphatic rings. The number of rotatable bonds is 12. The first-order chi connectivity index (χ1) is 17.0. The fourth-order valence-electron chi connectivity index (χ4n) is 4.28. The number of hydrogen-bond donors (Lipinski definition) is 0. The Bertz CT molecular complexity index is 1030. The Morgan fingerprint density at radius 3 is 2.19 bits per heavy atom. The normalized spacial score (nSPS) is 12.6. The molecule has 0 aliphatic carbocycles. The third kappa shape index (κ3) is 8.71. The lowest BCUT2D eigenvalue weighted by atomic mass is 9.78. The first-order valence-electron chi connectivity index (χ1n) is 13.7. The van der Waals surface area contributed by atoms with Crippen molar-refractivity contribution in [1.82, 2.24) is 0 Å². The summed E-state index contributed by atoms with van der Waals surface area (Å²) in [5.74, 6) is 1.78. The zero-order valence-corrected chi connectivity index (χ0v) is 26.2. The monoisotopic (exact) mass is 526 g/mol.